The molecule has 0 spiro atoms. The van der Waals surface area contributed by atoms with Crippen LogP contribution in [0.4, 0.5) is 5.69 Å². The molecule has 1 amide bonds. The van der Waals surface area contributed by atoms with Gasteiger partial charge < -0.3 is 5.32 Å². The second-order valence-corrected chi connectivity index (χ2v) is 7.15. The average Bonchev–Trinajstić information content (AvgIpc) is 2.39. The van der Waals surface area contributed by atoms with E-state index in [1.54, 1.807) is 31.2 Å². The van der Waals surface area contributed by atoms with Crippen LogP contribution in [-0.4, -0.2) is 33.2 Å². The summed E-state index contributed by atoms with van der Waals surface area (Å²) in [5.41, 5.74) is 0.417. The summed E-state index contributed by atoms with van der Waals surface area (Å²) < 4.78 is 25.1. The number of anilines is 1. The molecule has 1 rings (SSSR count). The van der Waals surface area contributed by atoms with Crippen molar-refractivity contribution in [3.8, 4) is 0 Å². The minimum absolute atomic E-state index is 0.316. The zero-order chi connectivity index (χ0) is 16.0. The van der Waals surface area contributed by atoms with Gasteiger partial charge in [0.25, 0.3) is 0 Å². The van der Waals surface area contributed by atoms with Crippen LogP contribution >= 0.6 is 11.6 Å². The third-order valence-electron chi connectivity index (χ3n) is 3.00. The molecular formula is C14H21ClN2O3S. The minimum Gasteiger partial charge on any atom is -0.354 e. The SMILES string of the molecule is CCCCNC(=O)[C@@H](C)N(c1ccc(Cl)cc1)S(C)(=O)=O. The predicted molar refractivity (Wildman–Crippen MR) is 86.2 cm³/mol. The van der Waals surface area contributed by atoms with Gasteiger partial charge in [-0.1, -0.05) is 24.9 Å². The predicted octanol–water partition coefficient (Wildman–Crippen LogP) is 2.41. The molecule has 1 N–H and O–H groups in total. The summed E-state index contributed by atoms with van der Waals surface area (Å²) in [5.74, 6) is -0.316. The van der Waals surface area contributed by atoms with Crippen molar-refractivity contribution in [1.29, 1.82) is 0 Å². The number of nitrogens with zero attached hydrogens (tertiary/aromatic N) is 1. The van der Waals surface area contributed by atoms with Crippen molar-refractivity contribution in [2.45, 2.75) is 32.7 Å². The highest BCUT2D eigenvalue weighted by Gasteiger charge is 2.28. The van der Waals surface area contributed by atoms with E-state index < -0.39 is 16.1 Å². The van der Waals surface area contributed by atoms with Gasteiger partial charge in [-0.3, -0.25) is 9.10 Å². The zero-order valence-corrected chi connectivity index (χ0v) is 14.0. The summed E-state index contributed by atoms with van der Waals surface area (Å²) in [6.45, 7) is 4.13. The van der Waals surface area contributed by atoms with E-state index in [-0.39, 0.29) is 5.91 Å². The molecule has 0 radical (unpaired) electrons. The Morgan fingerprint density at radius 1 is 1.33 bits per heavy atom. The Balaban J connectivity index is 2.98. The molecule has 118 valence electrons. The van der Waals surface area contributed by atoms with Crippen LogP contribution in [0.2, 0.25) is 5.02 Å². The van der Waals surface area contributed by atoms with Gasteiger partial charge in [0.05, 0.1) is 11.9 Å². The van der Waals surface area contributed by atoms with Crippen LogP contribution in [0.5, 0.6) is 0 Å². The summed E-state index contributed by atoms with van der Waals surface area (Å²) >= 11 is 5.81. The smallest absolute Gasteiger partial charge is 0.243 e. The maximum absolute atomic E-state index is 12.1. The zero-order valence-electron chi connectivity index (χ0n) is 12.5. The molecule has 21 heavy (non-hydrogen) atoms. The first-order valence-corrected chi connectivity index (χ1v) is 9.02. The van der Waals surface area contributed by atoms with Gasteiger partial charge in [0, 0.05) is 11.6 Å². The van der Waals surface area contributed by atoms with E-state index in [1.807, 2.05) is 6.92 Å². The Hall–Kier alpha value is -1.27. The van der Waals surface area contributed by atoms with Crippen molar-refractivity contribution in [1.82, 2.24) is 5.32 Å². The molecule has 1 aromatic carbocycles. The Morgan fingerprint density at radius 2 is 1.90 bits per heavy atom. The van der Waals surface area contributed by atoms with Crippen LogP contribution in [0.25, 0.3) is 0 Å². The van der Waals surface area contributed by atoms with Gasteiger partial charge in [0.15, 0.2) is 0 Å². The topological polar surface area (TPSA) is 66.5 Å². The van der Waals surface area contributed by atoms with E-state index in [4.69, 9.17) is 11.6 Å². The van der Waals surface area contributed by atoms with Gasteiger partial charge in [0.2, 0.25) is 15.9 Å². The Morgan fingerprint density at radius 3 is 2.38 bits per heavy atom. The first-order valence-electron chi connectivity index (χ1n) is 6.80. The van der Waals surface area contributed by atoms with Crippen LogP contribution in [-0.2, 0) is 14.8 Å². The lowest BCUT2D eigenvalue weighted by atomic mass is 10.2. The maximum Gasteiger partial charge on any atom is 0.243 e. The number of rotatable bonds is 7. The lowest BCUT2D eigenvalue weighted by Gasteiger charge is -2.28. The van der Waals surface area contributed by atoms with Crippen LogP contribution in [0.1, 0.15) is 26.7 Å². The fourth-order valence-corrected chi connectivity index (χ4v) is 3.23. The van der Waals surface area contributed by atoms with Gasteiger partial charge in [-0.15, -0.1) is 0 Å². The number of hydrogen-bond acceptors (Lipinski definition) is 3. The molecule has 0 aliphatic rings. The summed E-state index contributed by atoms with van der Waals surface area (Å²) in [6.07, 6.45) is 2.90. The van der Waals surface area contributed by atoms with Gasteiger partial charge in [-0.25, -0.2) is 8.42 Å². The highest BCUT2D eigenvalue weighted by Crippen LogP contribution is 2.22. The summed E-state index contributed by atoms with van der Waals surface area (Å²) in [7, 11) is -3.58. The van der Waals surface area contributed by atoms with Crippen LogP contribution in [0.3, 0.4) is 0 Å². The first-order chi connectivity index (χ1) is 9.77. The largest absolute Gasteiger partial charge is 0.354 e. The lowest BCUT2D eigenvalue weighted by Crippen LogP contribution is -2.48. The summed E-state index contributed by atoms with van der Waals surface area (Å²) in [5, 5.41) is 3.25. The first kappa shape index (κ1) is 17.8. The molecule has 0 bridgehead atoms. The molecule has 5 nitrogen and oxygen atoms in total. The number of halogens is 1. The molecule has 0 saturated carbocycles. The van der Waals surface area contributed by atoms with Crippen molar-refractivity contribution < 1.29 is 13.2 Å². The van der Waals surface area contributed by atoms with Crippen LogP contribution < -0.4 is 9.62 Å². The average molecular weight is 333 g/mol. The fourth-order valence-electron chi connectivity index (χ4n) is 1.93. The van der Waals surface area contributed by atoms with Crippen molar-refractivity contribution in [3.05, 3.63) is 29.3 Å². The molecule has 0 saturated heterocycles. The molecule has 0 unspecified atom stereocenters. The van der Waals surface area contributed by atoms with Crippen molar-refractivity contribution in [2.75, 3.05) is 17.1 Å². The summed E-state index contributed by atoms with van der Waals surface area (Å²) in [6, 6.07) is 5.53. The minimum atomic E-state index is -3.58. The van der Waals surface area contributed by atoms with Gasteiger partial charge in [-0.05, 0) is 37.6 Å². The normalized spacial score (nSPS) is 12.8. The van der Waals surface area contributed by atoms with Crippen molar-refractivity contribution >= 4 is 33.2 Å². The van der Waals surface area contributed by atoms with Crippen molar-refractivity contribution in [3.63, 3.8) is 0 Å². The molecular weight excluding hydrogens is 312 g/mol. The van der Waals surface area contributed by atoms with Crippen molar-refractivity contribution in [2.24, 2.45) is 0 Å². The number of benzene rings is 1. The number of carbonyl (C=O) groups excluding carboxylic acids is 1. The monoisotopic (exact) mass is 332 g/mol. The van der Waals surface area contributed by atoms with Crippen LogP contribution in [0, 0.1) is 0 Å². The van der Waals surface area contributed by atoms with Gasteiger partial charge in [0.1, 0.15) is 6.04 Å². The number of nitrogens with one attached hydrogen (secondary N) is 1. The molecule has 1 aromatic rings. The molecule has 0 aromatic heterocycles. The van der Waals surface area contributed by atoms with E-state index in [0.29, 0.717) is 17.3 Å². The number of hydrogen-bond donors (Lipinski definition) is 1. The summed E-state index contributed by atoms with van der Waals surface area (Å²) in [4.78, 5) is 12.1. The number of amides is 1. The lowest BCUT2D eigenvalue weighted by molar-refractivity contribution is -0.121. The fraction of sp³-hybridized carbons (Fsp3) is 0.500. The van der Waals surface area contributed by atoms with Gasteiger partial charge in [-0.2, -0.15) is 0 Å². The van der Waals surface area contributed by atoms with Gasteiger partial charge >= 0.3 is 0 Å². The van der Waals surface area contributed by atoms with E-state index in [0.717, 1.165) is 23.4 Å². The standard InChI is InChI=1S/C14H21ClN2O3S/c1-4-5-10-16-14(18)11(2)17(21(3,19)20)13-8-6-12(15)7-9-13/h6-9,11H,4-5,10H2,1-3H3,(H,16,18)/t11-/m1/s1. The number of sulfonamides is 1. The Bertz CT molecular complexity index is 572. The second-order valence-electron chi connectivity index (χ2n) is 4.86. The third-order valence-corrected chi connectivity index (χ3v) is 4.49. The van der Waals surface area contributed by atoms with E-state index in [9.17, 15) is 13.2 Å². The second kappa shape index (κ2) is 7.66. The highest BCUT2D eigenvalue weighted by molar-refractivity contribution is 7.92. The number of carbonyl (C=O) groups is 1. The Labute approximate surface area is 131 Å². The quantitative estimate of drug-likeness (QED) is 0.780. The molecule has 7 heteroatoms. The maximum atomic E-state index is 12.1. The third kappa shape index (κ3) is 5.21. The molecule has 1 atom stereocenters. The van der Waals surface area contributed by atoms with E-state index in [2.05, 4.69) is 5.32 Å². The molecule has 0 aliphatic heterocycles. The molecule has 0 aliphatic carbocycles. The van der Waals surface area contributed by atoms with E-state index in [1.165, 1.54) is 0 Å². The molecule has 0 heterocycles. The Kier molecular flexibility index (Phi) is 6.48. The highest BCUT2D eigenvalue weighted by atomic mass is 35.5. The van der Waals surface area contributed by atoms with E-state index >= 15 is 0 Å². The molecule has 0 fully saturated rings. The van der Waals surface area contributed by atoms with Crippen LogP contribution in [0.15, 0.2) is 24.3 Å². The number of unbranched alkanes of at least 4 members (excludes halogenated alkanes) is 1.